The SMILES string of the molecule is N#CC1(C(=O)Nc2c[nH]c3ccc(OCCc4ccc(C(F)(F)F)cc4)cc23)CC1. The van der Waals surface area contributed by atoms with E-state index in [2.05, 4.69) is 16.4 Å². The number of halogens is 3. The third-order valence-electron chi connectivity index (χ3n) is 5.24. The Bertz CT molecular complexity index is 1120. The maximum Gasteiger partial charge on any atom is 0.416 e. The van der Waals surface area contributed by atoms with Gasteiger partial charge in [0.15, 0.2) is 0 Å². The molecule has 1 aliphatic carbocycles. The summed E-state index contributed by atoms with van der Waals surface area (Å²) in [4.78, 5) is 15.4. The Balaban J connectivity index is 1.40. The molecule has 1 aromatic heterocycles. The molecular formula is C22H18F3N3O2. The van der Waals surface area contributed by atoms with Gasteiger partial charge in [0.1, 0.15) is 11.2 Å². The summed E-state index contributed by atoms with van der Waals surface area (Å²) in [5.41, 5.74) is 0.528. The van der Waals surface area contributed by atoms with Gasteiger partial charge >= 0.3 is 6.18 Å². The fourth-order valence-corrected chi connectivity index (χ4v) is 3.20. The predicted molar refractivity (Wildman–Crippen MR) is 105 cm³/mol. The molecular weight excluding hydrogens is 395 g/mol. The average Bonchev–Trinajstić information content (AvgIpc) is 3.44. The van der Waals surface area contributed by atoms with Crippen molar-refractivity contribution in [2.45, 2.75) is 25.4 Å². The Kier molecular flexibility index (Phi) is 4.90. The lowest BCUT2D eigenvalue weighted by atomic mass is 10.1. The van der Waals surface area contributed by atoms with Crippen molar-refractivity contribution in [3.8, 4) is 11.8 Å². The van der Waals surface area contributed by atoms with Gasteiger partial charge in [0, 0.05) is 23.5 Å². The lowest BCUT2D eigenvalue weighted by Gasteiger charge is -2.10. The van der Waals surface area contributed by atoms with Crippen LogP contribution in [0.15, 0.2) is 48.7 Å². The summed E-state index contributed by atoms with van der Waals surface area (Å²) in [6.07, 6.45) is -1.09. The van der Waals surface area contributed by atoms with Gasteiger partial charge in [-0.3, -0.25) is 4.79 Å². The highest BCUT2D eigenvalue weighted by atomic mass is 19.4. The molecule has 8 heteroatoms. The van der Waals surface area contributed by atoms with E-state index in [1.54, 1.807) is 18.3 Å². The zero-order chi connectivity index (χ0) is 21.4. The first-order chi connectivity index (χ1) is 14.3. The van der Waals surface area contributed by atoms with Gasteiger partial charge in [-0.05, 0) is 48.7 Å². The molecule has 3 aromatic rings. The van der Waals surface area contributed by atoms with E-state index in [0.717, 1.165) is 28.6 Å². The molecule has 30 heavy (non-hydrogen) atoms. The molecule has 4 rings (SSSR count). The minimum atomic E-state index is -4.35. The van der Waals surface area contributed by atoms with Crippen LogP contribution in [0.3, 0.4) is 0 Å². The van der Waals surface area contributed by atoms with Crippen molar-refractivity contribution < 1.29 is 22.7 Å². The molecule has 0 saturated heterocycles. The lowest BCUT2D eigenvalue weighted by molar-refractivity contribution is -0.137. The molecule has 154 valence electrons. The number of alkyl halides is 3. The number of anilines is 1. The monoisotopic (exact) mass is 413 g/mol. The van der Waals surface area contributed by atoms with Crippen LogP contribution in [0.25, 0.3) is 10.9 Å². The van der Waals surface area contributed by atoms with Gasteiger partial charge < -0.3 is 15.0 Å². The van der Waals surface area contributed by atoms with Gasteiger partial charge in [-0.2, -0.15) is 18.4 Å². The van der Waals surface area contributed by atoms with Gasteiger partial charge in [0.05, 0.1) is 23.9 Å². The second kappa shape index (κ2) is 7.41. The number of rotatable bonds is 6. The first-order valence-corrected chi connectivity index (χ1v) is 9.43. The maximum atomic E-state index is 12.6. The summed E-state index contributed by atoms with van der Waals surface area (Å²) in [5, 5.41) is 12.7. The third-order valence-corrected chi connectivity index (χ3v) is 5.24. The van der Waals surface area contributed by atoms with Crippen molar-refractivity contribution in [3.63, 3.8) is 0 Å². The van der Waals surface area contributed by atoms with E-state index in [0.29, 0.717) is 37.3 Å². The van der Waals surface area contributed by atoms with Crippen LogP contribution in [0.2, 0.25) is 0 Å². The van der Waals surface area contributed by atoms with Crippen LogP contribution in [-0.2, 0) is 17.4 Å². The quantitative estimate of drug-likeness (QED) is 0.594. The van der Waals surface area contributed by atoms with Crippen LogP contribution in [0.5, 0.6) is 5.75 Å². The predicted octanol–water partition coefficient (Wildman–Crippen LogP) is 5.05. The number of nitrogens with zero attached hydrogens (tertiary/aromatic N) is 1. The first-order valence-electron chi connectivity index (χ1n) is 9.43. The van der Waals surface area contributed by atoms with Gasteiger partial charge in [0.25, 0.3) is 0 Å². The lowest BCUT2D eigenvalue weighted by Crippen LogP contribution is -2.22. The molecule has 0 unspecified atom stereocenters. The summed E-state index contributed by atoms with van der Waals surface area (Å²) >= 11 is 0. The normalized spacial score (nSPS) is 14.9. The molecule has 1 saturated carbocycles. The largest absolute Gasteiger partial charge is 0.493 e. The number of aromatic nitrogens is 1. The number of hydrogen-bond donors (Lipinski definition) is 2. The zero-order valence-electron chi connectivity index (χ0n) is 15.8. The van der Waals surface area contributed by atoms with E-state index in [1.165, 1.54) is 12.1 Å². The number of aromatic amines is 1. The number of benzene rings is 2. The third kappa shape index (κ3) is 3.96. The Morgan fingerprint density at radius 3 is 2.57 bits per heavy atom. The molecule has 1 aliphatic rings. The highest BCUT2D eigenvalue weighted by molar-refractivity contribution is 6.05. The van der Waals surface area contributed by atoms with Gasteiger partial charge in [-0.25, -0.2) is 0 Å². The summed E-state index contributed by atoms with van der Waals surface area (Å²) in [5.74, 6) is 0.269. The molecule has 2 N–H and O–H groups in total. The van der Waals surface area contributed by atoms with E-state index >= 15 is 0 Å². The van der Waals surface area contributed by atoms with E-state index in [9.17, 15) is 18.0 Å². The Morgan fingerprint density at radius 2 is 1.93 bits per heavy atom. The molecule has 1 amide bonds. The van der Waals surface area contributed by atoms with Crippen molar-refractivity contribution in [1.82, 2.24) is 4.98 Å². The van der Waals surface area contributed by atoms with Gasteiger partial charge in [-0.15, -0.1) is 0 Å². The van der Waals surface area contributed by atoms with E-state index < -0.39 is 17.2 Å². The van der Waals surface area contributed by atoms with Crippen molar-refractivity contribution in [1.29, 1.82) is 5.26 Å². The molecule has 2 aromatic carbocycles. The number of carbonyl (C=O) groups is 1. The minimum absolute atomic E-state index is 0.292. The molecule has 0 bridgehead atoms. The van der Waals surface area contributed by atoms with Crippen molar-refractivity contribution in [2.75, 3.05) is 11.9 Å². The number of H-pyrrole nitrogens is 1. The molecule has 5 nitrogen and oxygen atoms in total. The van der Waals surface area contributed by atoms with Crippen LogP contribution in [0.1, 0.15) is 24.0 Å². The fourth-order valence-electron chi connectivity index (χ4n) is 3.20. The molecule has 1 heterocycles. The number of nitrogens with one attached hydrogen (secondary N) is 2. The van der Waals surface area contributed by atoms with Crippen molar-refractivity contribution in [3.05, 3.63) is 59.8 Å². The van der Waals surface area contributed by atoms with Crippen LogP contribution < -0.4 is 10.1 Å². The molecule has 0 atom stereocenters. The smallest absolute Gasteiger partial charge is 0.416 e. The number of ether oxygens (including phenoxy) is 1. The number of carbonyl (C=O) groups excluding carboxylic acids is 1. The van der Waals surface area contributed by atoms with E-state index in [1.807, 2.05) is 6.07 Å². The number of amides is 1. The van der Waals surface area contributed by atoms with Crippen LogP contribution in [-0.4, -0.2) is 17.5 Å². The Hall–Kier alpha value is -3.47. The average molecular weight is 413 g/mol. The maximum absolute atomic E-state index is 12.6. The van der Waals surface area contributed by atoms with Crippen LogP contribution in [0, 0.1) is 16.7 Å². The second-order valence-corrected chi connectivity index (χ2v) is 7.35. The van der Waals surface area contributed by atoms with Gasteiger partial charge in [-0.1, -0.05) is 12.1 Å². The summed E-state index contributed by atoms with van der Waals surface area (Å²) in [6, 6.07) is 12.4. The minimum Gasteiger partial charge on any atom is -0.493 e. The highest BCUT2D eigenvalue weighted by Crippen LogP contribution is 2.46. The summed E-state index contributed by atoms with van der Waals surface area (Å²) in [7, 11) is 0. The molecule has 0 aliphatic heterocycles. The summed E-state index contributed by atoms with van der Waals surface area (Å²) < 4.78 is 43.6. The van der Waals surface area contributed by atoms with Gasteiger partial charge in [0.2, 0.25) is 5.91 Å². The second-order valence-electron chi connectivity index (χ2n) is 7.35. The number of fused-ring (bicyclic) bond motifs is 1. The van der Waals surface area contributed by atoms with E-state index in [-0.39, 0.29) is 5.91 Å². The van der Waals surface area contributed by atoms with Crippen LogP contribution >= 0.6 is 0 Å². The topological polar surface area (TPSA) is 77.9 Å². The molecule has 1 fully saturated rings. The fraction of sp³-hybridized carbons (Fsp3) is 0.273. The Labute approximate surface area is 170 Å². The van der Waals surface area contributed by atoms with Crippen molar-refractivity contribution in [2.24, 2.45) is 5.41 Å². The Morgan fingerprint density at radius 1 is 1.20 bits per heavy atom. The number of nitriles is 1. The summed E-state index contributed by atoms with van der Waals surface area (Å²) in [6.45, 7) is 0.292. The van der Waals surface area contributed by atoms with E-state index in [4.69, 9.17) is 10.00 Å². The standard InChI is InChI=1S/C22H18F3N3O2/c23-22(24,25)15-3-1-14(2-4-15)7-10-30-16-5-6-18-17(11-16)19(12-27-18)28-20(29)21(13-26)8-9-21/h1-6,11-12,27H,7-10H2,(H,28,29). The zero-order valence-corrected chi connectivity index (χ0v) is 15.8. The van der Waals surface area contributed by atoms with Crippen LogP contribution in [0.4, 0.5) is 18.9 Å². The first kappa shape index (κ1) is 19.8. The molecule has 0 radical (unpaired) electrons. The molecule has 0 spiro atoms. The van der Waals surface area contributed by atoms with Crippen molar-refractivity contribution >= 4 is 22.5 Å². The highest BCUT2D eigenvalue weighted by Gasteiger charge is 2.50. The number of hydrogen-bond acceptors (Lipinski definition) is 3.